The summed E-state index contributed by atoms with van der Waals surface area (Å²) in [6.45, 7) is 1.13. The average molecular weight is 544 g/mol. The zero-order valence-electron chi connectivity index (χ0n) is 20.5. The van der Waals surface area contributed by atoms with E-state index in [-0.39, 0.29) is 0 Å². The van der Waals surface area contributed by atoms with Crippen LogP contribution in [0.2, 0.25) is 0 Å². The molecule has 37 heavy (non-hydrogen) atoms. The molecular formula is C21H37NO15. The molecule has 9 N–H and O–H groups in total. The van der Waals surface area contributed by atoms with Crippen molar-refractivity contribution in [2.45, 2.75) is 106 Å². The van der Waals surface area contributed by atoms with E-state index in [2.05, 4.69) is 5.32 Å². The summed E-state index contributed by atoms with van der Waals surface area (Å²) in [5.74, 6) is -0.614. The van der Waals surface area contributed by atoms with Gasteiger partial charge in [-0.15, -0.1) is 0 Å². The number of amides is 1. The van der Waals surface area contributed by atoms with E-state index in [0.29, 0.717) is 0 Å². The zero-order chi connectivity index (χ0) is 27.6. The largest absolute Gasteiger partial charge is 0.394 e. The first kappa shape index (κ1) is 30.5. The van der Waals surface area contributed by atoms with Crippen LogP contribution in [-0.2, 0) is 33.2 Å². The number of aliphatic hydroxyl groups is 8. The molecule has 0 aromatic carbocycles. The monoisotopic (exact) mass is 543 g/mol. The Morgan fingerprint density at radius 2 is 1.30 bits per heavy atom. The average Bonchev–Trinajstić information content (AvgIpc) is 2.85. The quantitative estimate of drug-likeness (QED) is 0.138. The van der Waals surface area contributed by atoms with Crippen molar-refractivity contribution in [3.63, 3.8) is 0 Å². The lowest BCUT2D eigenvalue weighted by Crippen LogP contribution is -2.68. The van der Waals surface area contributed by atoms with Crippen LogP contribution in [-0.4, -0.2) is 159 Å². The summed E-state index contributed by atoms with van der Waals surface area (Å²) in [4.78, 5) is 11.7. The first-order chi connectivity index (χ1) is 17.4. The highest BCUT2D eigenvalue weighted by Crippen LogP contribution is 2.33. The van der Waals surface area contributed by atoms with Gasteiger partial charge in [0.1, 0.15) is 67.1 Å². The van der Waals surface area contributed by atoms with Crippen LogP contribution in [0.15, 0.2) is 0 Å². The number of carbonyl (C=O) groups excluding carboxylic acids is 1. The third kappa shape index (κ3) is 6.39. The van der Waals surface area contributed by atoms with Gasteiger partial charge in [-0.1, -0.05) is 0 Å². The normalized spacial score (nSPS) is 49.0. The van der Waals surface area contributed by atoms with Crippen molar-refractivity contribution in [2.75, 3.05) is 20.3 Å². The van der Waals surface area contributed by atoms with Gasteiger partial charge in [0.15, 0.2) is 18.9 Å². The molecule has 0 aromatic rings. The minimum absolute atomic E-state index is 0.614. The smallest absolute Gasteiger partial charge is 0.217 e. The van der Waals surface area contributed by atoms with Crippen LogP contribution < -0.4 is 5.32 Å². The summed E-state index contributed by atoms with van der Waals surface area (Å²) < 4.78 is 33.2. The number of hydrogen-bond acceptors (Lipinski definition) is 15. The van der Waals surface area contributed by atoms with Crippen LogP contribution in [0.25, 0.3) is 0 Å². The molecule has 0 bridgehead atoms. The first-order valence-electron chi connectivity index (χ1n) is 11.8. The summed E-state index contributed by atoms with van der Waals surface area (Å²) in [6.07, 6.45) is -20.6. The molecule has 0 spiro atoms. The van der Waals surface area contributed by atoms with Crippen molar-refractivity contribution in [3.8, 4) is 0 Å². The molecule has 3 saturated heterocycles. The molecular weight excluding hydrogens is 506 g/mol. The molecule has 15 atom stereocenters. The fourth-order valence-corrected chi connectivity index (χ4v) is 4.62. The summed E-state index contributed by atoms with van der Waals surface area (Å²) in [7, 11) is 1.22. The molecule has 1 amide bonds. The van der Waals surface area contributed by atoms with Crippen molar-refractivity contribution in [1.29, 1.82) is 0 Å². The Morgan fingerprint density at radius 3 is 1.86 bits per heavy atom. The number of hydrogen-bond donors (Lipinski definition) is 9. The van der Waals surface area contributed by atoms with E-state index >= 15 is 0 Å². The van der Waals surface area contributed by atoms with Gasteiger partial charge in [0.2, 0.25) is 5.91 Å². The first-order valence-corrected chi connectivity index (χ1v) is 11.8. The van der Waals surface area contributed by atoms with Gasteiger partial charge in [-0.3, -0.25) is 4.79 Å². The van der Waals surface area contributed by atoms with Crippen molar-refractivity contribution in [2.24, 2.45) is 0 Å². The van der Waals surface area contributed by atoms with Gasteiger partial charge in [0.05, 0.1) is 19.3 Å². The lowest BCUT2D eigenvalue weighted by atomic mass is 9.95. The van der Waals surface area contributed by atoms with Gasteiger partial charge in [-0.25, -0.2) is 0 Å². The van der Waals surface area contributed by atoms with Gasteiger partial charge in [0.25, 0.3) is 0 Å². The predicted molar refractivity (Wildman–Crippen MR) is 116 cm³/mol. The summed E-state index contributed by atoms with van der Waals surface area (Å²) in [5.41, 5.74) is 0. The van der Waals surface area contributed by atoms with Crippen LogP contribution in [0.3, 0.4) is 0 Å². The second kappa shape index (κ2) is 12.8. The maximum Gasteiger partial charge on any atom is 0.217 e. The number of methoxy groups -OCH3 is 1. The highest BCUT2D eigenvalue weighted by atomic mass is 16.8. The third-order valence-electron chi connectivity index (χ3n) is 6.71. The Morgan fingerprint density at radius 1 is 0.757 bits per heavy atom. The second-order valence-corrected chi connectivity index (χ2v) is 9.26. The maximum absolute atomic E-state index is 11.7. The Bertz CT molecular complexity index is 747. The molecule has 0 unspecified atom stereocenters. The fourth-order valence-electron chi connectivity index (χ4n) is 4.62. The van der Waals surface area contributed by atoms with Crippen LogP contribution in [0.4, 0.5) is 0 Å². The summed E-state index contributed by atoms with van der Waals surface area (Å²) in [5, 5.41) is 84.5. The Kier molecular flexibility index (Phi) is 10.6. The molecule has 3 aliphatic heterocycles. The van der Waals surface area contributed by atoms with Crippen LogP contribution in [0.5, 0.6) is 0 Å². The van der Waals surface area contributed by atoms with Gasteiger partial charge in [-0.2, -0.15) is 0 Å². The number of carbonyl (C=O) groups is 1. The zero-order valence-corrected chi connectivity index (χ0v) is 20.5. The van der Waals surface area contributed by atoms with E-state index in [1.54, 1.807) is 0 Å². The number of aliphatic hydroxyl groups excluding tert-OH is 8. The van der Waals surface area contributed by atoms with E-state index in [4.69, 9.17) is 28.4 Å². The minimum Gasteiger partial charge on any atom is -0.394 e. The number of ether oxygens (including phenoxy) is 6. The summed E-state index contributed by atoms with van der Waals surface area (Å²) in [6, 6.07) is -1.37. The standard InChI is InChI=1S/C21H37NO15/c1-6-11(26)14(29)17(32-3)20(33-6)37-18-15(30)12(27)8(4-23)35-21(18)36-16-10(22-7(2)25)19(31)34-9(5-24)13(16)28/h6,8-21,23-24,26-31H,4-5H2,1-3H3,(H,22,25)/t6-,8+,9+,10+,11+,12-,13-,14+,15-,16+,17-,18+,19-,20-,21-/m0/s1. The maximum atomic E-state index is 11.7. The van der Waals surface area contributed by atoms with Gasteiger partial charge in [0, 0.05) is 14.0 Å². The van der Waals surface area contributed by atoms with Crippen molar-refractivity contribution < 1.29 is 74.1 Å². The van der Waals surface area contributed by atoms with Crippen LogP contribution in [0.1, 0.15) is 13.8 Å². The highest BCUT2D eigenvalue weighted by Gasteiger charge is 2.54. The minimum atomic E-state index is -1.77. The third-order valence-corrected chi connectivity index (χ3v) is 6.71. The lowest BCUT2D eigenvalue weighted by Gasteiger charge is -2.49. The molecule has 3 fully saturated rings. The fraction of sp³-hybridized carbons (Fsp3) is 0.952. The summed E-state index contributed by atoms with van der Waals surface area (Å²) >= 11 is 0. The highest BCUT2D eigenvalue weighted by molar-refractivity contribution is 5.73. The van der Waals surface area contributed by atoms with E-state index in [0.717, 1.165) is 6.92 Å². The SMILES string of the molecule is CO[C@@H]1[C@H](O[C@H]2[C@H](O[C@H]3[C@@H](O)[C@@H](CO)O[C@H](O)[C@@H]3NC(C)=O)O[C@H](CO)[C@H](O)[C@@H]2O)O[C@@H](C)[C@@H](O)[C@H]1O. The van der Waals surface area contributed by atoms with Crippen molar-refractivity contribution >= 4 is 5.91 Å². The number of rotatable bonds is 8. The Labute approximate surface area is 212 Å². The Balaban J connectivity index is 1.91. The van der Waals surface area contributed by atoms with Gasteiger partial charge >= 0.3 is 0 Å². The molecule has 0 aromatic heterocycles. The van der Waals surface area contributed by atoms with Crippen LogP contribution in [0, 0.1) is 0 Å². The topological polar surface area (TPSA) is 246 Å². The van der Waals surface area contributed by atoms with Gasteiger partial charge < -0.3 is 74.6 Å². The van der Waals surface area contributed by atoms with E-state index in [1.807, 2.05) is 0 Å². The molecule has 0 radical (unpaired) electrons. The molecule has 3 heterocycles. The van der Waals surface area contributed by atoms with Crippen molar-refractivity contribution in [1.82, 2.24) is 5.32 Å². The van der Waals surface area contributed by atoms with Gasteiger partial charge in [-0.05, 0) is 6.92 Å². The van der Waals surface area contributed by atoms with Crippen LogP contribution >= 0.6 is 0 Å². The van der Waals surface area contributed by atoms with E-state index in [9.17, 15) is 45.6 Å². The second-order valence-electron chi connectivity index (χ2n) is 9.26. The number of nitrogens with one attached hydrogen (secondary N) is 1. The molecule has 16 heteroatoms. The Hall–Kier alpha value is -1.09. The van der Waals surface area contributed by atoms with E-state index in [1.165, 1.54) is 14.0 Å². The van der Waals surface area contributed by atoms with E-state index < -0.39 is 111 Å². The van der Waals surface area contributed by atoms with Crippen molar-refractivity contribution in [3.05, 3.63) is 0 Å². The molecule has 3 aliphatic rings. The molecule has 16 nitrogen and oxygen atoms in total. The molecule has 0 aliphatic carbocycles. The molecule has 3 rings (SSSR count). The molecule has 216 valence electrons. The molecule has 0 saturated carbocycles. The predicted octanol–water partition coefficient (Wildman–Crippen LogP) is -5.75. The lowest BCUT2D eigenvalue weighted by molar-refractivity contribution is -0.381.